The summed E-state index contributed by atoms with van der Waals surface area (Å²) in [6.07, 6.45) is 1.85. The van der Waals surface area contributed by atoms with Crippen molar-refractivity contribution in [2.24, 2.45) is 0 Å². The van der Waals surface area contributed by atoms with Gasteiger partial charge in [0.15, 0.2) is 5.82 Å². The van der Waals surface area contributed by atoms with Gasteiger partial charge in [0.1, 0.15) is 5.69 Å². The number of aromatic nitrogens is 3. The summed E-state index contributed by atoms with van der Waals surface area (Å²) >= 11 is 2.97. The summed E-state index contributed by atoms with van der Waals surface area (Å²) in [6, 6.07) is 0. The molecular weight excluding hydrogens is 276 g/mol. The van der Waals surface area contributed by atoms with E-state index >= 15 is 0 Å². The van der Waals surface area contributed by atoms with Crippen LogP contribution in [-0.2, 0) is 11.8 Å². The van der Waals surface area contributed by atoms with Crippen molar-refractivity contribution in [2.45, 2.75) is 46.0 Å². The second kappa shape index (κ2) is 5.96. The third kappa shape index (κ3) is 3.73. The molecule has 2 aromatic rings. The van der Waals surface area contributed by atoms with E-state index in [2.05, 4.69) is 47.1 Å². The molecule has 0 aliphatic rings. The second-order valence-corrected chi connectivity index (χ2v) is 7.01. The van der Waals surface area contributed by atoms with Crippen molar-refractivity contribution >= 4 is 28.9 Å². The lowest BCUT2D eigenvalue weighted by molar-refractivity contribution is 0.571. The normalized spacial score (nSPS) is 11.8. The fourth-order valence-corrected chi connectivity index (χ4v) is 3.15. The minimum atomic E-state index is 0.109. The van der Waals surface area contributed by atoms with Crippen LogP contribution in [-0.4, -0.2) is 20.3 Å². The average Bonchev–Trinajstić information content (AvgIpc) is 2.95. The molecule has 104 valence electrons. The number of nitrogens with zero attached hydrogens (tertiary/aromatic N) is 3. The van der Waals surface area contributed by atoms with Crippen LogP contribution in [0.1, 0.15) is 50.5 Å². The second-order valence-electron chi connectivity index (χ2n) is 5.54. The Morgan fingerprint density at radius 3 is 2.68 bits per heavy atom. The van der Waals surface area contributed by atoms with Gasteiger partial charge in [-0.1, -0.05) is 27.7 Å². The van der Waals surface area contributed by atoms with Crippen LogP contribution in [0, 0.1) is 0 Å². The first kappa shape index (κ1) is 14.4. The molecule has 0 amide bonds. The Bertz CT molecular complexity index is 525. The van der Waals surface area contributed by atoms with E-state index in [0.717, 1.165) is 41.6 Å². The quantitative estimate of drug-likeness (QED) is 0.914. The molecule has 0 bridgehead atoms. The first-order valence-corrected chi connectivity index (χ1v) is 8.12. The SMILES string of the molecule is CCCNc1nsnc1Cc1nc(C(C)(C)C)cs1. The zero-order valence-corrected chi connectivity index (χ0v) is 13.5. The minimum Gasteiger partial charge on any atom is -0.368 e. The van der Waals surface area contributed by atoms with E-state index in [-0.39, 0.29) is 5.41 Å². The first-order valence-electron chi connectivity index (χ1n) is 6.51. The van der Waals surface area contributed by atoms with Crippen molar-refractivity contribution in [3.8, 4) is 0 Å². The maximum atomic E-state index is 4.71. The Morgan fingerprint density at radius 2 is 2.05 bits per heavy atom. The average molecular weight is 296 g/mol. The van der Waals surface area contributed by atoms with Gasteiger partial charge in [-0.2, -0.15) is 8.75 Å². The van der Waals surface area contributed by atoms with E-state index in [1.807, 2.05) is 0 Å². The lowest BCUT2D eigenvalue weighted by Gasteiger charge is -2.14. The van der Waals surface area contributed by atoms with E-state index in [4.69, 9.17) is 4.98 Å². The zero-order valence-electron chi connectivity index (χ0n) is 11.9. The standard InChI is InChI=1S/C13H20N4S2/c1-5-6-14-12-9(16-19-17-12)7-11-15-10(8-18-11)13(2,3)4/h8H,5-7H2,1-4H3,(H,14,17). The summed E-state index contributed by atoms with van der Waals surface area (Å²) in [7, 11) is 0. The molecule has 2 rings (SSSR count). The van der Waals surface area contributed by atoms with Crippen molar-refractivity contribution in [1.29, 1.82) is 0 Å². The summed E-state index contributed by atoms with van der Waals surface area (Å²) < 4.78 is 8.67. The molecule has 6 heteroatoms. The van der Waals surface area contributed by atoms with Gasteiger partial charge < -0.3 is 5.32 Å². The summed E-state index contributed by atoms with van der Waals surface area (Å²) in [5.41, 5.74) is 2.27. The number of anilines is 1. The Labute approximate surface area is 122 Å². The monoisotopic (exact) mass is 296 g/mol. The van der Waals surface area contributed by atoms with Gasteiger partial charge >= 0.3 is 0 Å². The Kier molecular flexibility index (Phi) is 4.52. The third-order valence-corrected chi connectivity index (χ3v) is 4.15. The molecule has 2 heterocycles. The highest BCUT2D eigenvalue weighted by Crippen LogP contribution is 2.26. The van der Waals surface area contributed by atoms with Crippen LogP contribution in [0.25, 0.3) is 0 Å². The molecular formula is C13H20N4S2. The van der Waals surface area contributed by atoms with Gasteiger partial charge in [0.25, 0.3) is 0 Å². The van der Waals surface area contributed by atoms with Gasteiger partial charge in [-0.25, -0.2) is 4.98 Å². The highest BCUT2D eigenvalue weighted by Gasteiger charge is 2.18. The van der Waals surface area contributed by atoms with E-state index in [9.17, 15) is 0 Å². The predicted octanol–water partition coefficient (Wildman–Crippen LogP) is 3.70. The van der Waals surface area contributed by atoms with E-state index < -0.39 is 0 Å². The number of rotatable bonds is 5. The largest absolute Gasteiger partial charge is 0.368 e. The van der Waals surface area contributed by atoms with Gasteiger partial charge in [-0.05, 0) is 6.42 Å². The molecule has 0 radical (unpaired) electrons. The number of thiazole rings is 1. The van der Waals surface area contributed by atoms with Gasteiger partial charge in [0, 0.05) is 23.8 Å². The van der Waals surface area contributed by atoms with Crippen LogP contribution in [0.2, 0.25) is 0 Å². The summed E-state index contributed by atoms with van der Waals surface area (Å²) in [6.45, 7) is 9.63. The van der Waals surface area contributed by atoms with Gasteiger partial charge in [-0.3, -0.25) is 0 Å². The zero-order chi connectivity index (χ0) is 13.9. The van der Waals surface area contributed by atoms with E-state index in [0.29, 0.717) is 0 Å². The first-order chi connectivity index (χ1) is 9.00. The molecule has 0 aliphatic carbocycles. The van der Waals surface area contributed by atoms with Crippen molar-refractivity contribution in [3.63, 3.8) is 0 Å². The van der Waals surface area contributed by atoms with Gasteiger partial charge in [-0.15, -0.1) is 11.3 Å². The van der Waals surface area contributed by atoms with Gasteiger partial charge in [0.2, 0.25) is 0 Å². The molecule has 0 fully saturated rings. The van der Waals surface area contributed by atoms with Crippen LogP contribution >= 0.6 is 23.1 Å². The smallest absolute Gasteiger partial charge is 0.163 e. The van der Waals surface area contributed by atoms with Crippen LogP contribution in [0.5, 0.6) is 0 Å². The van der Waals surface area contributed by atoms with Gasteiger partial charge in [0.05, 0.1) is 22.4 Å². The maximum Gasteiger partial charge on any atom is 0.163 e. The van der Waals surface area contributed by atoms with E-state index in [1.165, 1.54) is 11.7 Å². The topological polar surface area (TPSA) is 50.7 Å². The summed E-state index contributed by atoms with van der Waals surface area (Å²) in [5, 5.41) is 6.57. The molecule has 0 saturated heterocycles. The fourth-order valence-electron chi connectivity index (χ4n) is 1.58. The lowest BCUT2D eigenvalue weighted by Crippen LogP contribution is -2.11. The van der Waals surface area contributed by atoms with Crippen molar-refractivity contribution in [1.82, 2.24) is 13.7 Å². The van der Waals surface area contributed by atoms with Crippen molar-refractivity contribution < 1.29 is 0 Å². The molecule has 0 atom stereocenters. The molecule has 4 nitrogen and oxygen atoms in total. The fraction of sp³-hybridized carbons (Fsp3) is 0.615. The summed E-state index contributed by atoms with van der Waals surface area (Å²) in [5.74, 6) is 0.916. The highest BCUT2D eigenvalue weighted by molar-refractivity contribution is 7.09. The molecule has 19 heavy (non-hydrogen) atoms. The van der Waals surface area contributed by atoms with Crippen LogP contribution in [0.15, 0.2) is 5.38 Å². The number of hydrogen-bond acceptors (Lipinski definition) is 6. The Balaban J connectivity index is 2.09. The van der Waals surface area contributed by atoms with Crippen molar-refractivity contribution in [3.05, 3.63) is 21.8 Å². The molecule has 1 N–H and O–H groups in total. The molecule has 0 aromatic carbocycles. The molecule has 0 spiro atoms. The highest BCUT2D eigenvalue weighted by atomic mass is 32.1. The van der Waals surface area contributed by atoms with E-state index in [1.54, 1.807) is 11.3 Å². The Hall–Kier alpha value is -1.01. The number of nitrogens with one attached hydrogen (secondary N) is 1. The minimum absolute atomic E-state index is 0.109. The van der Waals surface area contributed by atoms with Crippen LogP contribution < -0.4 is 5.32 Å². The maximum absolute atomic E-state index is 4.71. The molecule has 0 saturated carbocycles. The van der Waals surface area contributed by atoms with Crippen LogP contribution in [0.3, 0.4) is 0 Å². The third-order valence-electron chi connectivity index (χ3n) is 2.74. The predicted molar refractivity (Wildman–Crippen MR) is 82.3 cm³/mol. The molecule has 0 unspecified atom stereocenters. The van der Waals surface area contributed by atoms with Crippen LogP contribution in [0.4, 0.5) is 5.82 Å². The Morgan fingerprint density at radius 1 is 1.26 bits per heavy atom. The van der Waals surface area contributed by atoms with Crippen molar-refractivity contribution in [2.75, 3.05) is 11.9 Å². The summed E-state index contributed by atoms with van der Waals surface area (Å²) in [4.78, 5) is 4.71. The molecule has 0 aliphatic heterocycles. The lowest BCUT2D eigenvalue weighted by atomic mass is 9.93. The number of hydrogen-bond donors (Lipinski definition) is 1. The molecule has 2 aromatic heterocycles.